The van der Waals surface area contributed by atoms with Gasteiger partial charge in [0.15, 0.2) is 0 Å². The maximum Gasteiger partial charge on any atom is 0.393 e. The third-order valence-corrected chi connectivity index (χ3v) is 3.61. The fourth-order valence-corrected chi connectivity index (χ4v) is 1.83. The first-order chi connectivity index (χ1) is 12.4. The molecule has 1 aromatic carbocycles. The van der Waals surface area contributed by atoms with E-state index in [4.69, 9.17) is 11.6 Å². The van der Waals surface area contributed by atoms with Crippen LogP contribution in [-0.4, -0.2) is 41.9 Å². The van der Waals surface area contributed by atoms with Gasteiger partial charge in [-0.25, -0.2) is 8.78 Å². The molecule has 0 radical (unpaired) electrons. The molecule has 0 aromatic heterocycles. The number of halogens is 13. The summed E-state index contributed by atoms with van der Waals surface area (Å²) in [6, 6.07) is 3.79. The van der Waals surface area contributed by atoms with Gasteiger partial charge >= 0.3 is 41.9 Å². The summed E-state index contributed by atoms with van der Waals surface area (Å²) in [4.78, 5) is 11.3. The van der Waals surface area contributed by atoms with Crippen LogP contribution < -0.4 is 5.32 Å². The number of nitrogens with one attached hydrogen (secondary N) is 1. The molecule has 0 spiro atoms. The molecule has 0 aliphatic heterocycles. The van der Waals surface area contributed by atoms with Crippen molar-refractivity contribution in [2.75, 3.05) is 5.32 Å². The second-order valence-corrected chi connectivity index (χ2v) is 5.56. The smallest absolute Gasteiger partial charge is 0.319 e. The monoisotopic (exact) mass is 455 g/mol. The van der Waals surface area contributed by atoms with E-state index < -0.39 is 52.7 Å². The standard InChI is InChI=1S/C13H6ClF12NO/c14-5-3-1-2-4-6(5)27-8(28)10(19,20)12(23,24)13(25,26)11(21,22)9(17,18)7(15)16/h1-4,7H,(H,27,28). The van der Waals surface area contributed by atoms with Crippen LogP contribution in [0.4, 0.5) is 58.4 Å². The number of carbonyl (C=O) groups is 1. The molecule has 160 valence electrons. The molecule has 0 unspecified atom stereocenters. The fraction of sp³-hybridized carbons (Fsp3) is 0.462. The molecule has 28 heavy (non-hydrogen) atoms. The zero-order chi connectivity index (χ0) is 22.3. The fourth-order valence-electron chi connectivity index (χ4n) is 1.65. The van der Waals surface area contributed by atoms with E-state index in [9.17, 15) is 57.5 Å². The maximum absolute atomic E-state index is 13.6. The largest absolute Gasteiger partial charge is 0.393 e. The minimum absolute atomic E-state index is 0.573. The van der Waals surface area contributed by atoms with E-state index in [1.165, 1.54) is 0 Å². The van der Waals surface area contributed by atoms with Gasteiger partial charge in [-0.2, -0.15) is 43.9 Å². The molecule has 0 heterocycles. The summed E-state index contributed by atoms with van der Waals surface area (Å²) < 4.78 is 156. The summed E-state index contributed by atoms with van der Waals surface area (Å²) in [6.45, 7) is 0. The Hall–Kier alpha value is -1.86. The third kappa shape index (κ3) is 3.46. The minimum atomic E-state index is -7.78. The first-order valence-corrected chi connectivity index (χ1v) is 6.96. The third-order valence-electron chi connectivity index (χ3n) is 3.28. The van der Waals surface area contributed by atoms with Crippen molar-refractivity contribution in [3.05, 3.63) is 29.3 Å². The molecule has 0 saturated heterocycles. The van der Waals surface area contributed by atoms with E-state index >= 15 is 0 Å². The number of alkyl halides is 12. The van der Waals surface area contributed by atoms with Crippen LogP contribution in [0.15, 0.2) is 24.3 Å². The van der Waals surface area contributed by atoms with Gasteiger partial charge in [-0.3, -0.25) is 4.79 Å². The van der Waals surface area contributed by atoms with Crippen molar-refractivity contribution in [1.82, 2.24) is 0 Å². The Morgan fingerprint density at radius 3 is 1.71 bits per heavy atom. The molecule has 0 fully saturated rings. The van der Waals surface area contributed by atoms with Gasteiger partial charge in [0.25, 0.3) is 0 Å². The van der Waals surface area contributed by atoms with Gasteiger partial charge in [-0.15, -0.1) is 0 Å². The van der Waals surface area contributed by atoms with Crippen LogP contribution in [0.2, 0.25) is 5.02 Å². The summed E-state index contributed by atoms with van der Waals surface area (Å²) in [5, 5.41) is 0.354. The summed E-state index contributed by atoms with van der Waals surface area (Å²) in [5.74, 6) is -40.2. The molecule has 0 aliphatic carbocycles. The Bertz CT molecular complexity index is 736. The first-order valence-electron chi connectivity index (χ1n) is 6.59. The van der Waals surface area contributed by atoms with Crippen molar-refractivity contribution in [3.63, 3.8) is 0 Å². The highest BCUT2D eigenvalue weighted by Crippen LogP contribution is 2.58. The molecular formula is C13H6ClF12NO. The number of amides is 1. The SMILES string of the molecule is O=C(Nc1ccccc1Cl)C(F)(F)C(F)(F)C(F)(F)C(F)(F)C(F)(F)C(F)F. The average Bonchev–Trinajstić information content (AvgIpc) is 2.55. The Labute approximate surface area is 152 Å². The molecular weight excluding hydrogens is 450 g/mol. The lowest BCUT2D eigenvalue weighted by atomic mass is 9.94. The van der Waals surface area contributed by atoms with E-state index in [1.807, 2.05) is 0 Å². The van der Waals surface area contributed by atoms with Crippen LogP contribution in [0.25, 0.3) is 0 Å². The van der Waals surface area contributed by atoms with Crippen molar-refractivity contribution in [1.29, 1.82) is 0 Å². The van der Waals surface area contributed by atoms with Gasteiger partial charge in [0, 0.05) is 0 Å². The second-order valence-electron chi connectivity index (χ2n) is 5.16. The highest BCUT2D eigenvalue weighted by atomic mass is 35.5. The molecule has 1 rings (SSSR count). The molecule has 1 N–H and O–H groups in total. The van der Waals surface area contributed by atoms with Crippen molar-refractivity contribution in [3.8, 4) is 0 Å². The van der Waals surface area contributed by atoms with Crippen LogP contribution in [0, 0.1) is 0 Å². The normalized spacial score (nSPS) is 14.4. The van der Waals surface area contributed by atoms with Crippen molar-refractivity contribution in [2.24, 2.45) is 0 Å². The maximum atomic E-state index is 13.6. The van der Waals surface area contributed by atoms with Gasteiger partial charge in [-0.05, 0) is 12.1 Å². The molecule has 1 amide bonds. The van der Waals surface area contributed by atoms with Crippen molar-refractivity contribution < 1.29 is 57.5 Å². The average molecular weight is 456 g/mol. The summed E-state index contributed by atoms with van der Waals surface area (Å²) in [7, 11) is 0. The highest BCUT2D eigenvalue weighted by Gasteiger charge is 2.89. The Morgan fingerprint density at radius 1 is 0.821 bits per heavy atom. The zero-order valence-corrected chi connectivity index (χ0v) is 13.5. The summed E-state index contributed by atoms with van der Waals surface area (Å²) >= 11 is 5.39. The van der Waals surface area contributed by atoms with Gasteiger partial charge < -0.3 is 5.32 Å². The number of benzene rings is 1. The van der Waals surface area contributed by atoms with Crippen LogP contribution in [0.3, 0.4) is 0 Å². The number of carbonyl (C=O) groups excluding carboxylic acids is 1. The Kier molecular flexibility index (Phi) is 6.21. The summed E-state index contributed by atoms with van der Waals surface area (Å²) in [5.41, 5.74) is -0.849. The first kappa shape index (κ1) is 24.2. The van der Waals surface area contributed by atoms with Gasteiger partial charge in [0.2, 0.25) is 0 Å². The van der Waals surface area contributed by atoms with E-state index in [0.29, 0.717) is 6.07 Å². The number of rotatable bonds is 7. The van der Waals surface area contributed by atoms with Crippen LogP contribution in [-0.2, 0) is 4.79 Å². The van der Waals surface area contributed by atoms with Gasteiger partial charge in [0.05, 0.1) is 10.7 Å². The predicted molar refractivity (Wildman–Crippen MR) is 70.8 cm³/mol. The molecule has 2 nitrogen and oxygen atoms in total. The van der Waals surface area contributed by atoms with Gasteiger partial charge in [-0.1, -0.05) is 23.7 Å². The minimum Gasteiger partial charge on any atom is -0.319 e. The lowest BCUT2D eigenvalue weighted by Gasteiger charge is -2.38. The zero-order valence-electron chi connectivity index (χ0n) is 12.7. The van der Waals surface area contributed by atoms with E-state index in [2.05, 4.69) is 0 Å². The van der Waals surface area contributed by atoms with Crippen LogP contribution in [0.1, 0.15) is 0 Å². The molecule has 0 saturated carbocycles. The highest BCUT2D eigenvalue weighted by molar-refractivity contribution is 6.33. The summed E-state index contributed by atoms with van der Waals surface area (Å²) in [6.07, 6.45) is -5.62. The van der Waals surface area contributed by atoms with Crippen LogP contribution in [0.5, 0.6) is 0 Å². The van der Waals surface area contributed by atoms with Gasteiger partial charge in [0.1, 0.15) is 0 Å². The molecule has 0 aliphatic rings. The van der Waals surface area contributed by atoms with Crippen LogP contribution >= 0.6 is 11.6 Å². The van der Waals surface area contributed by atoms with E-state index in [1.54, 1.807) is 0 Å². The number of para-hydroxylation sites is 1. The lowest BCUT2D eigenvalue weighted by molar-refractivity contribution is -0.406. The Balaban J connectivity index is 3.37. The second kappa shape index (κ2) is 7.19. The quantitative estimate of drug-likeness (QED) is 0.524. The van der Waals surface area contributed by atoms with Crippen molar-refractivity contribution >= 4 is 23.2 Å². The topological polar surface area (TPSA) is 29.1 Å². The molecule has 0 atom stereocenters. The number of anilines is 1. The predicted octanol–water partition coefficient (Wildman–Crippen LogP) is 5.72. The number of hydrogen-bond acceptors (Lipinski definition) is 1. The van der Waals surface area contributed by atoms with Crippen molar-refractivity contribution in [2.45, 2.75) is 36.0 Å². The number of hydrogen-bond donors (Lipinski definition) is 1. The lowest BCUT2D eigenvalue weighted by Crippen LogP contribution is -2.70. The molecule has 0 bridgehead atoms. The van der Waals surface area contributed by atoms with E-state index in [0.717, 1.165) is 23.5 Å². The molecule has 15 heteroatoms. The Morgan fingerprint density at radius 2 is 1.29 bits per heavy atom. The van der Waals surface area contributed by atoms with E-state index in [-0.39, 0.29) is 0 Å². The molecule has 1 aromatic rings.